The van der Waals surface area contributed by atoms with Crippen molar-refractivity contribution < 1.29 is 14.3 Å². The lowest BCUT2D eigenvalue weighted by atomic mass is 10.1. The second kappa shape index (κ2) is 9.00. The molecule has 6 nitrogen and oxygen atoms in total. The Bertz CT molecular complexity index is 1130. The van der Waals surface area contributed by atoms with E-state index in [-0.39, 0.29) is 5.91 Å². The number of aliphatic imine (C=N–C) groups is 1. The molecule has 0 bridgehead atoms. The molecule has 1 N–H and O–H groups in total. The van der Waals surface area contributed by atoms with E-state index in [1.54, 1.807) is 4.90 Å². The number of H-pyrrole nitrogens is 1. The summed E-state index contributed by atoms with van der Waals surface area (Å²) in [6.07, 6.45) is 3.88. The third-order valence-corrected chi connectivity index (χ3v) is 5.90. The van der Waals surface area contributed by atoms with E-state index in [1.165, 1.54) is 24.9 Å². The van der Waals surface area contributed by atoms with Crippen LogP contribution in [0.3, 0.4) is 0 Å². The van der Waals surface area contributed by atoms with Gasteiger partial charge in [-0.2, -0.15) is 0 Å². The minimum absolute atomic E-state index is 0.225. The number of ether oxygens (including phenoxy) is 1. The summed E-state index contributed by atoms with van der Waals surface area (Å²) in [5, 5.41) is 1.74. The summed E-state index contributed by atoms with van der Waals surface area (Å²) in [6.45, 7) is 0.936. The quantitative estimate of drug-likeness (QED) is 0.486. The van der Waals surface area contributed by atoms with Crippen LogP contribution in [0.5, 0.6) is 0 Å². The number of hydrogen-bond donors (Lipinski definition) is 1. The number of aromatic nitrogens is 1. The molecule has 0 saturated carbocycles. The fourth-order valence-electron chi connectivity index (χ4n) is 3.30. The average Bonchev–Trinajstić information content (AvgIpc) is 3.32. The summed E-state index contributed by atoms with van der Waals surface area (Å²) in [6, 6.07) is 17.9. The molecular weight excluding hydrogens is 398 g/mol. The van der Waals surface area contributed by atoms with Crippen molar-refractivity contribution in [3.8, 4) is 0 Å². The number of carbonyl (C=O) groups is 2. The minimum atomic E-state index is -0.549. The highest BCUT2D eigenvalue weighted by Gasteiger charge is 2.33. The standard InChI is InChI=1S/C23H21N3O3S/c1-29-21(27)13-20-22(28)26(23(30-20)25-14-16-7-3-2-4-8-16)12-11-17-15-24-19-10-6-5-9-18(17)19/h2-10,13,15,24H,11-12,14H2,1H3. The average molecular weight is 420 g/mol. The molecule has 0 aliphatic carbocycles. The zero-order chi connectivity index (χ0) is 20.9. The summed E-state index contributed by atoms with van der Waals surface area (Å²) < 4.78 is 4.68. The molecule has 1 amide bonds. The van der Waals surface area contributed by atoms with Gasteiger partial charge in [0.15, 0.2) is 5.17 Å². The Morgan fingerprint density at radius 3 is 2.73 bits per heavy atom. The van der Waals surface area contributed by atoms with Crippen LogP contribution in [0, 0.1) is 0 Å². The van der Waals surface area contributed by atoms with Gasteiger partial charge in [-0.15, -0.1) is 0 Å². The van der Waals surface area contributed by atoms with E-state index in [4.69, 9.17) is 0 Å². The summed E-state index contributed by atoms with van der Waals surface area (Å²) in [5.74, 6) is -0.774. The van der Waals surface area contributed by atoms with Crippen molar-refractivity contribution in [2.75, 3.05) is 13.7 Å². The smallest absolute Gasteiger partial charge is 0.331 e. The fraction of sp³-hybridized carbons (Fsp3) is 0.174. The van der Waals surface area contributed by atoms with Crippen LogP contribution in [0.1, 0.15) is 11.1 Å². The number of nitrogens with zero attached hydrogens (tertiary/aromatic N) is 2. The first-order chi connectivity index (χ1) is 14.7. The number of thioether (sulfide) groups is 1. The number of amides is 1. The Morgan fingerprint density at radius 2 is 1.93 bits per heavy atom. The van der Waals surface area contributed by atoms with E-state index in [9.17, 15) is 9.59 Å². The number of amidine groups is 1. The third kappa shape index (κ3) is 4.31. The van der Waals surface area contributed by atoms with E-state index in [1.807, 2.05) is 54.7 Å². The Morgan fingerprint density at radius 1 is 1.17 bits per heavy atom. The topological polar surface area (TPSA) is 74.8 Å². The lowest BCUT2D eigenvalue weighted by Gasteiger charge is -2.15. The molecule has 2 heterocycles. The van der Waals surface area contributed by atoms with Crippen LogP contribution < -0.4 is 0 Å². The monoisotopic (exact) mass is 419 g/mol. The van der Waals surface area contributed by atoms with Gasteiger partial charge in [-0.25, -0.2) is 4.79 Å². The Balaban J connectivity index is 1.57. The Labute approximate surface area is 178 Å². The maximum absolute atomic E-state index is 12.9. The molecule has 1 aliphatic rings. The predicted molar refractivity (Wildman–Crippen MR) is 119 cm³/mol. The first kappa shape index (κ1) is 20.0. The number of carbonyl (C=O) groups excluding carboxylic acids is 2. The van der Waals surface area contributed by atoms with Gasteiger partial charge in [0.2, 0.25) is 0 Å². The number of methoxy groups -OCH3 is 1. The largest absolute Gasteiger partial charge is 0.466 e. The van der Waals surface area contributed by atoms with Crippen molar-refractivity contribution in [2.24, 2.45) is 4.99 Å². The maximum atomic E-state index is 12.9. The van der Waals surface area contributed by atoms with E-state index >= 15 is 0 Å². The molecule has 2 aromatic carbocycles. The van der Waals surface area contributed by atoms with Gasteiger partial charge in [0.1, 0.15) is 0 Å². The highest BCUT2D eigenvalue weighted by molar-refractivity contribution is 8.18. The maximum Gasteiger partial charge on any atom is 0.331 e. The number of benzene rings is 2. The molecule has 0 atom stereocenters. The SMILES string of the molecule is COC(=O)C=C1SC(=NCc2ccccc2)N(CCc2c[nH]c3ccccc23)C1=O. The van der Waals surface area contributed by atoms with Crippen LogP contribution in [0.4, 0.5) is 0 Å². The number of nitrogens with one attached hydrogen (secondary N) is 1. The molecule has 1 fully saturated rings. The van der Waals surface area contributed by atoms with Crippen molar-refractivity contribution in [2.45, 2.75) is 13.0 Å². The summed E-state index contributed by atoms with van der Waals surface area (Å²) >= 11 is 1.21. The van der Waals surface area contributed by atoms with Crippen molar-refractivity contribution in [1.29, 1.82) is 0 Å². The zero-order valence-electron chi connectivity index (χ0n) is 16.5. The molecule has 1 aromatic heterocycles. The number of hydrogen-bond acceptors (Lipinski definition) is 5. The van der Waals surface area contributed by atoms with Gasteiger partial charge < -0.3 is 9.72 Å². The van der Waals surface area contributed by atoms with Crippen molar-refractivity contribution in [3.63, 3.8) is 0 Å². The Kier molecular flexibility index (Phi) is 5.99. The molecule has 7 heteroatoms. The van der Waals surface area contributed by atoms with Gasteiger partial charge in [0.25, 0.3) is 5.91 Å². The fourth-order valence-corrected chi connectivity index (χ4v) is 4.26. The molecule has 0 radical (unpaired) electrons. The lowest BCUT2D eigenvalue weighted by molar-refractivity contribution is -0.135. The van der Waals surface area contributed by atoms with Gasteiger partial charge in [0, 0.05) is 29.7 Å². The number of fused-ring (bicyclic) bond motifs is 1. The summed E-state index contributed by atoms with van der Waals surface area (Å²) in [5.41, 5.74) is 3.26. The molecule has 0 unspecified atom stereocenters. The van der Waals surface area contributed by atoms with Gasteiger partial charge in [0.05, 0.1) is 18.6 Å². The van der Waals surface area contributed by atoms with Crippen molar-refractivity contribution in [3.05, 3.63) is 82.9 Å². The number of para-hydroxylation sites is 1. The van der Waals surface area contributed by atoms with E-state index in [0.29, 0.717) is 29.6 Å². The van der Waals surface area contributed by atoms with Gasteiger partial charge in [-0.1, -0.05) is 48.5 Å². The van der Waals surface area contributed by atoms with Gasteiger partial charge in [-0.3, -0.25) is 14.7 Å². The number of aromatic amines is 1. The van der Waals surface area contributed by atoms with E-state index < -0.39 is 5.97 Å². The highest BCUT2D eigenvalue weighted by atomic mass is 32.2. The first-order valence-electron chi connectivity index (χ1n) is 9.58. The van der Waals surface area contributed by atoms with Crippen LogP contribution in [0.15, 0.2) is 76.8 Å². The van der Waals surface area contributed by atoms with Gasteiger partial charge in [-0.05, 0) is 35.4 Å². The second-order valence-electron chi connectivity index (χ2n) is 6.78. The second-order valence-corrected chi connectivity index (χ2v) is 7.79. The van der Waals surface area contributed by atoms with Crippen LogP contribution in [-0.2, 0) is 27.3 Å². The molecule has 0 spiro atoms. The summed E-state index contributed by atoms with van der Waals surface area (Å²) in [7, 11) is 1.29. The lowest BCUT2D eigenvalue weighted by Crippen LogP contribution is -2.31. The van der Waals surface area contributed by atoms with Crippen molar-refractivity contribution in [1.82, 2.24) is 9.88 Å². The normalized spacial score (nSPS) is 16.7. The Hall–Kier alpha value is -3.32. The molecule has 1 saturated heterocycles. The molecule has 3 aromatic rings. The van der Waals surface area contributed by atoms with Gasteiger partial charge >= 0.3 is 5.97 Å². The number of rotatable bonds is 6. The van der Waals surface area contributed by atoms with Crippen LogP contribution in [-0.4, -0.2) is 40.6 Å². The van der Waals surface area contributed by atoms with Crippen molar-refractivity contribution >= 4 is 39.7 Å². The summed E-state index contributed by atoms with van der Waals surface area (Å²) in [4.78, 5) is 34.5. The minimum Gasteiger partial charge on any atom is -0.466 e. The first-order valence-corrected chi connectivity index (χ1v) is 10.4. The van der Waals surface area contributed by atoms with Crippen LogP contribution >= 0.6 is 11.8 Å². The van der Waals surface area contributed by atoms with Crippen LogP contribution in [0.25, 0.3) is 10.9 Å². The van der Waals surface area contributed by atoms with Crippen LogP contribution in [0.2, 0.25) is 0 Å². The highest BCUT2D eigenvalue weighted by Crippen LogP contribution is 2.32. The predicted octanol–water partition coefficient (Wildman–Crippen LogP) is 3.90. The third-order valence-electron chi connectivity index (χ3n) is 4.86. The zero-order valence-corrected chi connectivity index (χ0v) is 17.3. The molecule has 4 rings (SSSR count). The molecule has 152 valence electrons. The van der Waals surface area contributed by atoms with E-state index in [2.05, 4.69) is 20.8 Å². The molecular formula is C23H21N3O3S. The number of esters is 1. The van der Waals surface area contributed by atoms with E-state index in [0.717, 1.165) is 22.0 Å². The molecule has 30 heavy (non-hydrogen) atoms. The molecule has 1 aliphatic heterocycles.